The molecule has 0 saturated heterocycles. The minimum Gasteiger partial charge on any atom is -0.321 e. The lowest BCUT2D eigenvalue weighted by atomic mass is 10.0. The smallest absolute Gasteiger partial charge is 0.231 e. The van der Waals surface area contributed by atoms with Gasteiger partial charge in [0.15, 0.2) is 0 Å². The van der Waals surface area contributed by atoms with Crippen LogP contribution in [0, 0.1) is 17.1 Å². The van der Waals surface area contributed by atoms with Gasteiger partial charge in [-0.3, -0.25) is 9.48 Å². The summed E-state index contributed by atoms with van der Waals surface area (Å²) in [7, 11) is 1.82. The first-order chi connectivity index (χ1) is 16.5. The van der Waals surface area contributed by atoms with Crippen molar-refractivity contribution in [2.24, 2.45) is 7.05 Å². The highest BCUT2D eigenvalue weighted by Crippen LogP contribution is 2.36. The maximum absolute atomic E-state index is 14.0. The average molecular weight is 453 g/mol. The number of aromatic nitrogens is 4. The Morgan fingerprint density at radius 2 is 2.12 bits per heavy atom. The zero-order chi connectivity index (χ0) is 23.7. The van der Waals surface area contributed by atoms with Crippen LogP contribution in [0.4, 0.5) is 21.7 Å². The lowest BCUT2D eigenvalue weighted by Gasteiger charge is -2.19. The number of nitriles is 1. The molecule has 1 N–H and O–H groups in total. The second-order valence-corrected chi connectivity index (χ2v) is 8.00. The fraction of sp³-hybridized carbons (Fsp3) is 0.160. The Kier molecular flexibility index (Phi) is 5.47. The minimum absolute atomic E-state index is 0.0615. The molecule has 0 spiro atoms. The topological polar surface area (TPSA) is 99.7 Å². The summed E-state index contributed by atoms with van der Waals surface area (Å²) >= 11 is 0. The van der Waals surface area contributed by atoms with Crippen LogP contribution in [0.2, 0.25) is 0 Å². The number of aryl methyl sites for hydroxylation is 1. The first-order valence-corrected chi connectivity index (χ1v) is 10.7. The molecule has 9 heteroatoms. The molecule has 0 radical (unpaired) electrons. The molecular formula is C25H20FN7O. The summed E-state index contributed by atoms with van der Waals surface area (Å²) in [6, 6.07) is 13.9. The highest BCUT2D eigenvalue weighted by Gasteiger charge is 2.29. The molecule has 2 aromatic heterocycles. The molecule has 34 heavy (non-hydrogen) atoms. The van der Waals surface area contributed by atoms with Gasteiger partial charge in [-0.15, -0.1) is 0 Å². The van der Waals surface area contributed by atoms with Crippen molar-refractivity contribution in [1.82, 2.24) is 19.7 Å². The molecule has 5 rings (SSSR count). The van der Waals surface area contributed by atoms with E-state index >= 15 is 0 Å². The number of amides is 1. The Hall–Kier alpha value is -4.58. The Morgan fingerprint density at radius 1 is 1.26 bits per heavy atom. The van der Waals surface area contributed by atoms with Gasteiger partial charge in [0.2, 0.25) is 11.9 Å². The predicted molar refractivity (Wildman–Crippen MR) is 125 cm³/mol. The summed E-state index contributed by atoms with van der Waals surface area (Å²) in [6.07, 6.45) is 5.67. The number of carbonyl (C=O) groups excluding carboxylic acids is 1. The number of benzene rings is 2. The van der Waals surface area contributed by atoms with Crippen molar-refractivity contribution in [3.05, 3.63) is 83.6 Å². The van der Waals surface area contributed by atoms with Crippen molar-refractivity contribution in [3.8, 4) is 17.3 Å². The number of nitrogens with one attached hydrogen (secondary N) is 1. The normalized spacial score (nSPS) is 12.3. The summed E-state index contributed by atoms with van der Waals surface area (Å²) in [6.45, 7) is 0.443. The SMILES string of the molecule is Cn1cc(Nc2nccc(-c3cc(C#N)c4c(c3)CCN4C(=O)Cc3ccccc3F)n2)cn1. The molecule has 168 valence electrons. The summed E-state index contributed by atoms with van der Waals surface area (Å²) in [4.78, 5) is 23.4. The van der Waals surface area contributed by atoms with Crippen molar-refractivity contribution in [2.75, 3.05) is 16.8 Å². The van der Waals surface area contributed by atoms with E-state index in [1.165, 1.54) is 6.07 Å². The standard InChI is InChI=1S/C25H20FN7O/c1-32-15-20(14-29-32)30-25-28-8-6-22(31-25)18-10-17-7-9-33(24(17)19(11-18)13-27)23(34)12-16-4-2-3-5-21(16)26/h2-6,8,10-11,14-15H,7,9,12H2,1H3,(H,28,30,31). The van der Waals surface area contributed by atoms with Crippen LogP contribution in [0.15, 0.2) is 61.1 Å². The van der Waals surface area contributed by atoms with Crippen molar-refractivity contribution in [2.45, 2.75) is 12.8 Å². The fourth-order valence-corrected chi connectivity index (χ4v) is 4.13. The Morgan fingerprint density at radius 3 is 2.88 bits per heavy atom. The molecule has 0 fully saturated rings. The van der Waals surface area contributed by atoms with Crippen LogP contribution in [-0.2, 0) is 24.7 Å². The van der Waals surface area contributed by atoms with Gasteiger partial charge in [-0.2, -0.15) is 10.4 Å². The van der Waals surface area contributed by atoms with Crippen molar-refractivity contribution >= 4 is 23.2 Å². The highest BCUT2D eigenvalue weighted by molar-refractivity contribution is 5.98. The Labute approximate surface area is 195 Å². The monoisotopic (exact) mass is 453 g/mol. The number of halogens is 1. The van der Waals surface area contributed by atoms with Crippen LogP contribution in [0.1, 0.15) is 16.7 Å². The van der Waals surface area contributed by atoms with E-state index in [0.717, 1.165) is 16.8 Å². The van der Waals surface area contributed by atoms with Gasteiger partial charge in [0.05, 0.1) is 35.2 Å². The molecule has 0 atom stereocenters. The second kappa shape index (κ2) is 8.75. The number of carbonyl (C=O) groups is 1. The lowest BCUT2D eigenvalue weighted by Crippen LogP contribution is -2.31. The van der Waals surface area contributed by atoms with Crippen molar-refractivity contribution < 1.29 is 9.18 Å². The third-order valence-electron chi connectivity index (χ3n) is 5.70. The van der Waals surface area contributed by atoms with E-state index in [2.05, 4.69) is 26.5 Å². The number of fused-ring (bicyclic) bond motifs is 1. The molecule has 8 nitrogen and oxygen atoms in total. The number of hydrogen-bond donors (Lipinski definition) is 1. The zero-order valence-electron chi connectivity index (χ0n) is 18.4. The van der Waals surface area contributed by atoms with Gasteiger partial charge < -0.3 is 10.2 Å². The fourth-order valence-electron chi connectivity index (χ4n) is 4.13. The first kappa shape index (κ1) is 21.3. The summed E-state index contributed by atoms with van der Waals surface area (Å²) in [5.74, 6) is -0.241. The van der Waals surface area contributed by atoms with Crippen LogP contribution >= 0.6 is 0 Å². The van der Waals surface area contributed by atoms with Crippen LogP contribution in [0.5, 0.6) is 0 Å². The van der Waals surface area contributed by atoms with Crippen molar-refractivity contribution in [3.63, 3.8) is 0 Å². The van der Waals surface area contributed by atoms with Gasteiger partial charge >= 0.3 is 0 Å². The van der Waals surface area contributed by atoms with E-state index in [1.807, 2.05) is 19.3 Å². The molecule has 0 saturated carbocycles. The largest absolute Gasteiger partial charge is 0.321 e. The van der Waals surface area contributed by atoms with Gasteiger partial charge in [-0.1, -0.05) is 18.2 Å². The number of rotatable bonds is 5. The first-order valence-electron chi connectivity index (χ1n) is 10.7. The second-order valence-electron chi connectivity index (χ2n) is 8.00. The van der Waals surface area contributed by atoms with Crippen LogP contribution in [0.3, 0.4) is 0 Å². The van der Waals surface area contributed by atoms with Crippen LogP contribution < -0.4 is 10.2 Å². The molecule has 0 bridgehead atoms. The third-order valence-corrected chi connectivity index (χ3v) is 5.70. The van der Waals surface area contributed by atoms with E-state index in [4.69, 9.17) is 0 Å². The van der Waals surface area contributed by atoms with Crippen LogP contribution in [0.25, 0.3) is 11.3 Å². The predicted octanol–water partition coefficient (Wildman–Crippen LogP) is 3.76. The number of nitrogens with zero attached hydrogens (tertiary/aromatic N) is 6. The molecular weight excluding hydrogens is 433 g/mol. The van der Waals surface area contributed by atoms with E-state index in [-0.39, 0.29) is 12.3 Å². The van der Waals surface area contributed by atoms with E-state index in [9.17, 15) is 14.4 Å². The van der Waals surface area contributed by atoms with Gasteiger partial charge in [0.25, 0.3) is 0 Å². The Bertz CT molecular complexity index is 1440. The lowest BCUT2D eigenvalue weighted by molar-refractivity contribution is -0.117. The molecule has 0 aliphatic carbocycles. The molecule has 1 amide bonds. The van der Waals surface area contributed by atoms with Gasteiger partial charge in [0, 0.05) is 31.5 Å². The maximum atomic E-state index is 14.0. The highest BCUT2D eigenvalue weighted by atomic mass is 19.1. The average Bonchev–Trinajstić information content (AvgIpc) is 3.46. The molecule has 4 aromatic rings. The van der Waals surface area contributed by atoms with Gasteiger partial charge in [-0.25, -0.2) is 14.4 Å². The van der Waals surface area contributed by atoms with Gasteiger partial charge in [0.1, 0.15) is 11.9 Å². The molecule has 1 aliphatic heterocycles. The third kappa shape index (κ3) is 4.09. The van der Waals surface area contributed by atoms with Crippen LogP contribution in [-0.4, -0.2) is 32.2 Å². The summed E-state index contributed by atoms with van der Waals surface area (Å²) in [5, 5.41) is 17.1. The summed E-state index contributed by atoms with van der Waals surface area (Å²) in [5.41, 5.74) is 4.37. The van der Waals surface area contributed by atoms with E-state index in [1.54, 1.807) is 52.3 Å². The maximum Gasteiger partial charge on any atom is 0.231 e. The van der Waals surface area contributed by atoms with E-state index < -0.39 is 5.82 Å². The molecule has 2 aromatic carbocycles. The summed E-state index contributed by atoms with van der Waals surface area (Å²) < 4.78 is 15.7. The molecule has 0 unspecified atom stereocenters. The van der Waals surface area contributed by atoms with Crippen molar-refractivity contribution in [1.29, 1.82) is 5.26 Å². The zero-order valence-corrected chi connectivity index (χ0v) is 18.4. The van der Waals surface area contributed by atoms with Gasteiger partial charge in [-0.05, 0) is 41.8 Å². The number of anilines is 3. The number of hydrogen-bond acceptors (Lipinski definition) is 6. The Balaban J connectivity index is 1.44. The quantitative estimate of drug-likeness (QED) is 0.494. The molecule has 1 aliphatic rings. The van der Waals surface area contributed by atoms with E-state index in [0.29, 0.717) is 41.4 Å². The molecule has 3 heterocycles. The minimum atomic E-state index is -0.411.